The first-order chi connectivity index (χ1) is 10.8. The lowest BCUT2D eigenvalue weighted by atomic mass is 10.2. The Labute approximate surface area is 132 Å². The maximum Gasteiger partial charge on any atom is 0.161 e. The number of rotatable bonds is 9. The average Bonchev–Trinajstić information content (AvgIpc) is 2.56. The fourth-order valence-corrected chi connectivity index (χ4v) is 2.12. The van der Waals surface area contributed by atoms with Crippen LogP contribution >= 0.6 is 0 Å². The maximum absolute atomic E-state index is 5.81. The van der Waals surface area contributed by atoms with Gasteiger partial charge < -0.3 is 14.8 Å². The third kappa shape index (κ3) is 5.04. The second-order valence-electron chi connectivity index (χ2n) is 5.15. The van der Waals surface area contributed by atoms with Gasteiger partial charge in [-0.15, -0.1) is 0 Å². The molecular weight excluding hydrogens is 276 g/mol. The minimum atomic E-state index is 0.722. The number of nitrogens with one attached hydrogen (secondary N) is 1. The zero-order valence-electron chi connectivity index (χ0n) is 13.3. The molecule has 0 saturated heterocycles. The molecule has 0 aliphatic carbocycles. The molecule has 1 aromatic heterocycles. The van der Waals surface area contributed by atoms with Crippen LogP contribution in [0.2, 0.25) is 0 Å². The van der Waals surface area contributed by atoms with Crippen LogP contribution in [0.25, 0.3) is 0 Å². The molecule has 1 aromatic carbocycles. The van der Waals surface area contributed by atoms with Crippen LogP contribution in [-0.4, -0.2) is 18.7 Å². The summed E-state index contributed by atoms with van der Waals surface area (Å²) in [6.07, 6.45) is 5.83. The molecule has 22 heavy (non-hydrogen) atoms. The number of ether oxygens (including phenoxy) is 2. The number of hydrogen-bond acceptors (Lipinski definition) is 4. The Balaban J connectivity index is 1.91. The number of hydrogen-bond donors (Lipinski definition) is 1. The highest BCUT2D eigenvalue weighted by atomic mass is 16.5. The predicted octanol–water partition coefficient (Wildman–Crippen LogP) is 3.56. The van der Waals surface area contributed by atoms with E-state index in [-0.39, 0.29) is 0 Å². The molecule has 2 aromatic rings. The van der Waals surface area contributed by atoms with Crippen molar-refractivity contribution < 1.29 is 9.47 Å². The summed E-state index contributed by atoms with van der Waals surface area (Å²) < 4.78 is 11.2. The summed E-state index contributed by atoms with van der Waals surface area (Å²) in [5.41, 5.74) is 2.35. The lowest BCUT2D eigenvalue weighted by Crippen LogP contribution is -2.13. The van der Waals surface area contributed by atoms with E-state index in [2.05, 4.69) is 29.4 Å². The van der Waals surface area contributed by atoms with Crippen LogP contribution < -0.4 is 14.8 Å². The topological polar surface area (TPSA) is 43.4 Å². The van der Waals surface area contributed by atoms with Gasteiger partial charge in [0.25, 0.3) is 0 Å². The Hall–Kier alpha value is -2.07. The van der Waals surface area contributed by atoms with E-state index in [1.807, 2.05) is 24.4 Å². The van der Waals surface area contributed by atoms with Gasteiger partial charge in [-0.2, -0.15) is 0 Å². The first kappa shape index (κ1) is 16.3. The third-order valence-corrected chi connectivity index (χ3v) is 3.36. The fourth-order valence-electron chi connectivity index (χ4n) is 2.12. The van der Waals surface area contributed by atoms with E-state index in [0.717, 1.165) is 44.0 Å². The highest BCUT2D eigenvalue weighted by Crippen LogP contribution is 2.28. The van der Waals surface area contributed by atoms with Gasteiger partial charge in [-0.25, -0.2) is 0 Å². The number of nitrogens with zero attached hydrogens (tertiary/aromatic N) is 1. The van der Waals surface area contributed by atoms with Gasteiger partial charge in [0.1, 0.15) is 0 Å². The Kier molecular flexibility index (Phi) is 6.71. The molecule has 118 valence electrons. The number of aromatic nitrogens is 1. The Morgan fingerprint density at radius 1 is 1.09 bits per heavy atom. The summed E-state index contributed by atoms with van der Waals surface area (Å²) in [5.74, 6) is 1.60. The number of methoxy groups -OCH3 is 1. The molecule has 0 spiro atoms. The van der Waals surface area contributed by atoms with E-state index in [4.69, 9.17) is 9.47 Å². The summed E-state index contributed by atoms with van der Waals surface area (Å²) in [6.45, 7) is 4.45. The van der Waals surface area contributed by atoms with Crippen molar-refractivity contribution in [1.29, 1.82) is 0 Å². The summed E-state index contributed by atoms with van der Waals surface area (Å²) in [4.78, 5) is 4.11. The van der Waals surface area contributed by atoms with Crippen molar-refractivity contribution >= 4 is 0 Å². The number of pyridine rings is 1. The molecule has 0 radical (unpaired) electrons. The Morgan fingerprint density at radius 2 is 1.95 bits per heavy atom. The van der Waals surface area contributed by atoms with Gasteiger partial charge in [0, 0.05) is 25.5 Å². The summed E-state index contributed by atoms with van der Waals surface area (Å²) in [5, 5.41) is 3.41. The van der Waals surface area contributed by atoms with Gasteiger partial charge in [-0.05, 0) is 35.7 Å². The molecule has 2 rings (SSSR count). The average molecular weight is 300 g/mol. The van der Waals surface area contributed by atoms with Crippen molar-refractivity contribution in [2.24, 2.45) is 0 Å². The Bertz CT molecular complexity index is 558. The van der Waals surface area contributed by atoms with Crippen LogP contribution in [-0.2, 0) is 13.1 Å². The van der Waals surface area contributed by atoms with E-state index in [0.29, 0.717) is 0 Å². The lowest BCUT2D eigenvalue weighted by molar-refractivity contribution is 0.288. The molecule has 0 aliphatic heterocycles. The van der Waals surface area contributed by atoms with Gasteiger partial charge in [0.05, 0.1) is 13.7 Å². The maximum atomic E-state index is 5.81. The van der Waals surface area contributed by atoms with Crippen LogP contribution in [0.3, 0.4) is 0 Å². The van der Waals surface area contributed by atoms with Crippen molar-refractivity contribution in [2.45, 2.75) is 32.9 Å². The molecule has 0 fully saturated rings. The SMILES string of the molecule is CCCCOc1cc(CNCc2cccnc2)ccc1OC. The second-order valence-corrected chi connectivity index (χ2v) is 5.15. The van der Waals surface area contributed by atoms with E-state index in [1.165, 1.54) is 11.1 Å². The highest BCUT2D eigenvalue weighted by Gasteiger charge is 2.05. The molecule has 0 aliphatic rings. The van der Waals surface area contributed by atoms with Crippen molar-refractivity contribution in [1.82, 2.24) is 10.3 Å². The molecular formula is C18H24N2O2. The molecule has 1 N–H and O–H groups in total. The number of benzene rings is 1. The molecule has 0 bridgehead atoms. The monoisotopic (exact) mass is 300 g/mol. The number of unbranched alkanes of at least 4 members (excludes halogenated alkanes) is 1. The normalized spacial score (nSPS) is 10.5. The summed E-state index contributed by atoms with van der Waals surface area (Å²) in [6, 6.07) is 10.1. The highest BCUT2D eigenvalue weighted by molar-refractivity contribution is 5.43. The summed E-state index contributed by atoms with van der Waals surface area (Å²) >= 11 is 0. The van der Waals surface area contributed by atoms with Gasteiger partial charge >= 0.3 is 0 Å². The van der Waals surface area contributed by atoms with Crippen molar-refractivity contribution in [3.8, 4) is 11.5 Å². The van der Waals surface area contributed by atoms with Crippen molar-refractivity contribution in [2.75, 3.05) is 13.7 Å². The predicted molar refractivity (Wildman–Crippen MR) is 88.2 cm³/mol. The smallest absolute Gasteiger partial charge is 0.161 e. The first-order valence-electron chi connectivity index (χ1n) is 7.72. The van der Waals surface area contributed by atoms with E-state index in [1.54, 1.807) is 13.3 Å². The van der Waals surface area contributed by atoms with Crippen LogP contribution in [0, 0.1) is 0 Å². The zero-order valence-corrected chi connectivity index (χ0v) is 13.3. The van der Waals surface area contributed by atoms with Gasteiger partial charge in [-0.1, -0.05) is 25.5 Å². The zero-order chi connectivity index (χ0) is 15.6. The molecule has 4 nitrogen and oxygen atoms in total. The second kappa shape index (κ2) is 9.05. The van der Waals surface area contributed by atoms with Crippen LogP contribution in [0.4, 0.5) is 0 Å². The minimum Gasteiger partial charge on any atom is -0.493 e. The Morgan fingerprint density at radius 3 is 2.68 bits per heavy atom. The van der Waals surface area contributed by atoms with Crippen LogP contribution in [0.15, 0.2) is 42.7 Å². The van der Waals surface area contributed by atoms with Gasteiger partial charge in [0.2, 0.25) is 0 Å². The quantitative estimate of drug-likeness (QED) is 0.719. The standard InChI is InChI=1S/C18H24N2O2/c1-3-4-10-22-18-11-15(7-8-17(18)21-2)12-20-14-16-6-5-9-19-13-16/h5-9,11,13,20H,3-4,10,12,14H2,1-2H3. The van der Waals surface area contributed by atoms with Crippen molar-refractivity contribution in [3.05, 3.63) is 53.9 Å². The lowest BCUT2D eigenvalue weighted by Gasteiger charge is -2.12. The largest absolute Gasteiger partial charge is 0.493 e. The minimum absolute atomic E-state index is 0.722. The molecule has 0 amide bonds. The van der Waals surface area contributed by atoms with Crippen LogP contribution in [0.5, 0.6) is 11.5 Å². The molecule has 0 saturated carbocycles. The van der Waals surface area contributed by atoms with E-state index in [9.17, 15) is 0 Å². The van der Waals surface area contributed by atoms with Gasteiger partial charge in [0.15, 0.2) is 11.5 Å². The molecule has 1 heterocycles. The molecule has 4 heteroatoms. The molecule has 0 unspecified atom stereocenters. The van der Waals surface area contributed by atoms with Crippen molar-refractivity contribution in [3.63, 3.8) is 0 Å². The third-order valence-electron chi connectivity index (χ3n) is 3.36. The van der Waals surface area contributed by atoms with Crippen LogP contribution in [0.1, 0.15) is 30.9 Å². The van der Waals surface area contributed by atoms with Gasteiger partial charge in [-0.3, -0.25) is 4.98 Å². The first-order valence-corrected chi connectivity index (χ1v) is 7.72. The fraction of sp³-hybridized carbons (Fsp3) is 0.389. The summed E-state index contributed by atoms with van der Waals surface area (Å²) in [7, 11) is 1.67. The molecule has 0 atom stereocenters. The van der Waals surface area contributed by atoms with E-state index < -0.39 is 0 Å². The van der Waals surface area contributed by atoms with E-state index >= 15 is 0 Å².